The van der Waals surface area contributed by atoms with Crippen LogP contribution in [-0.4, -0.2) is 20.4 Å². The summed E-state index contributed by atoms with van der Waals surface area (Å²) in [5, 5.41) is 2.55. The van der Waals surface area contributed by atoms with Crippen LogP contribution in [0.5, 0.6) is 0 Å². The molecule has 0 bridgehead atoms. The SMILES string of the molecule is CCC(NC(=O)c1cc(F)cc(S(=O)(=O)Cl)c1F)C(C)C. The molecule has 1 N–H and O–H groups in total. The quantitative estimate of drug-likeness (QED) is 0.839. The van der Waals surface area contributed by atoms with Crippen LogP contribution in [0.15, 0.2) is 17.0 Å². The van der Waals surface area contributed by atoms with Crippen molar-refractivity contribution in [1.29, 1.82) is 0 Å². The van der Waals surface area contributed by atoms with Gasteiger partial charge in [-0.1, -0.05) is 20.8 Å². The fraction of sp³-hybridized carbons (Fsp3) is 0.462. The van der Waals surface area contributed by atoms with Crippen molar-refractivity contribution in [2.75, 3.05) is 0 Å². The fourth-order valence-electron chi connectivity index (χ4n) is 1.89. The molecular formula is C13H16ClF2NO3S. The molecule has 0 saturated carbocycles. The molecule has 1 unspecified atom stereocenters. The monoisotopic (exact) mass is 339 g/mol. The highest BCUT2D eigenvalue weighted by molar-refractivity contribution is 8.13. The van der Waals surface area contributed by atoms with Crippen molar-refractivity contribution in [2.24, 2.45) is 5.92 Å². The van der Waals surface area contributed by atoms with Gasteiger partial charge in [0.05, 0.1) is 5.56 Å². The molecule has 0 heterocycles. The zero-order valence-electron chi connectivity index (χ0n) is 11.8. The Hall–Kier alpha value is -1.21. The predicted molar refractivity (Wildman–Crippen MR) is 75.8 cm³/mol. The standard InChI is InChI=1S/C13H16ClF2NO3S/c1-4-10(7(2)3)17-13(18)9-5-8(15)6-11(12(9)16)21(14,19)20/h5-7,10H,4H2,1-3H3,(H,17,18). The van der Waals surface area contributed by atoms with Gasteiger partial charge in [0.25, 0.3) is 15.0 Å². The third kappa shape index (κ3) is 4.38. The highest BCUT2D eigenvalue weighted by atomic mass is 35.7. The number of nitrogens with one attached hydrogen (secondary N) is 1. The van der Waals surface area contributed by atoms with Gasteiger partial charge in [0.1, 0.15) is 10.7 Å². The van der Waals surface area contributed by atoms with Crippen molar-refractivity contribution >= 4 is 25.6 Å². The Balaban J connectivity index is 3.25. The summed E-state index contributed by atoms with van der Waals surface area (Å²) >= 11 is 0. The lowest BCUT2D eigenvalue weighted by Crippen LogP contribution is -2.38. The smallest absolute Gasteiger partial charge is 0.264 e. The number of rotatable bonds is 5. The first-order valence-corrected chi connectivity index (χ1v) is 8.63. The molecule has 118 valence electrons. The normalized spacial score (nSPS) is 13.3. The molecule has 1 aromatic rings. The first-order chi connectivity index (χ1) is 9.57. The van der Waals surface area contributed by atoms with E-state index < -0.39 is 37.1 Å². The summed E-state index contributed by atoms with van der Waals surface area (Å²) in [5.74, 6) is -3.21. The molecule has 0 aliphatic rings. The Bertz CT molecular complexity index is 647. The number of hydrogen-bond donors (Lipinski definition) is 1. The van der Waals surface area contributed by atoms with Crippen molar-refractivity contribution in [3.05, 3.63) is 29.3 Å². The van der Waals surface area contributed by atoms with Crippen LogP contribution in [0, 0.1) is 17.6 Å². The third-order valence-electron chi connectivity index (χ3n) is 3.07. The molecule has 4 nitrogen and oxygen atoms in total. The molecule has 21 heavy (non-hydrogen) atoms. The van der Waals surface area contributed by atoms with E-state index in [-0.39, 0.29) is 12.0 Å². The number of carbonyl (C=O) groups excluding carboxylic acids is 1. The minimum absolute atomic E-state index is 0.0896. The molecule has 1 amide bonds. The largest absolute Gasteiger partial charge is 0.349 e. The van der Waals surface area contributed by atoms with Crippen LogP contribution >= 0.6 is 10.7 Å². The van der Waals surface area contributed by atoms with Crippen LogP contribution in [0.3, 0.4) is 0 Å². The van der Waals surface area contributed by atoms with E-state index in [1.165, 1.54) is 0 Å². The minimum atomic E-state index is -4.49. The van der Waals surface area contributed by atoms with Crippen molar-refractivity contribution in [2.45, 2.75) is 38.1 Å². The van der Waals surface area contributed by atoms with Crippen molar-refractivity contribution < 1.29 is 22.0 Å². The van der Waals surface area contributed by atoms with Crippen LogP contribution in [0.2, 0.25) is 0 Å². The molecule has 8 heteroatoms. The third-order valence-corrected chi connectivity index (χ3v) is 4.39. The minimum Gasteiger partial charge on any atom is -0.349 e. The van der Waals surface area contributed by atoms with Gasteiger partial charge in [0.15, 0.2) is 5.82 Å². The summed E-state index contributed by atoms with van der Waals surface area (Å²) in [7, 11) is 0.545. The number of carbonyl (C=O) groups is 1. The molecule has 1 rings (SSSR count). The zero-order valence-corrected chi connectivity index (χ0v) is 13.4. The van der Waals surface area contributed by atoms with Gasteiger partial charge in [-0.05, 0) is 24.5 Å². The molecule has 0 aliphatic carbocycles. The second kappa shape index (κ2) is 6.70. The molecule has 0 fully saturated rings. The zero-order chi connectivity index (χ0) is 16.4. The molecule has 0 saturated heterocycles. The number of benzene rings is 1. The van der Waals surface area contributed by atoms with Gasteiger partial charge in [-0.25, -0.2) is 17.2 Å². The number of halogens is 3. The van der Waals surface area contributed by atoms with Crippen molar-refractivity contribution in [3.8, 4) is 0 Å². The van der Waals surface area contributed by atoms with E-state index in [1.807, 2.05) is 20.8 Å². The molecule has 1 atom stereocenters. The van der Waals surface area contributed by atoms with E-state index in [2.05, 4.69) is 5.32 Å². The number of amides is 1. The Morgan fingerprint density at radius 1 is 1.33 bits per heavy atom. The van der Waals surface area contributed by atoms with Crippen molar-refractivity contribution in [1.82, 2.24) is 5.32 Å². The van der Waals surface area contributed by atoms with E-state index in [4.69, 9.17) is 10.7 Å². The second-order valence-corrected chi connectivity index (χ2v) is 7.47. The number of hydrogen-bond acceptors (Lipinski definition) is 3. The first-order valence-electron chi connectivity index (χ1n) is 6.32. The van der Waals surface area contributed by atoms with Gasteiger partial charge in [-0.2, -0.15) is 0 Å². The van der Waals surface area contributed by atoms with E-state index >= 15 is 0 Å². The molecule has 1 aromatic carbocycles. The van der Waals surface area contributed by atoms with E-state index in [0.29, 0.717) is 18.6 Å². The lowest BCUT2D eigenvalue weighted by Gasteiger charge is -2.21. The lowest BCUT2D eigenvalue weighted by atomic mass is 10.0. The summed E-state index contributed by atoms with van der Waals surface area (Å²) in [6.07, 6.45) is 0.598. The fourth-order valence-corrected chi connectivity index (χ4v) is 2.81. The van der Waals surface area contributed by atoms with Gasteiger partial charge in [0.2, 0.25) is 0 Å². The maximum atomic E-state index is 14.1. The Morgan fingerprint density at radius 2 is 1.90 bits per heavy atom. The Morgan fingerprint density at radius 3 is 2.33 bits per heavy atom. The van der Waals surface area contributed by atoms with Crippen molar-refractivity contribution in [3.63, 3.8) is 0 Å². The predicted octanol–water partition coefficient (Wildman–Crippen LogP) is 3.06. The summed E-state index contributed by atoms with van der Waals surface area (Å²) in [5.41, 5.74) is -0.687. The average Bonchev–Trinajstić information content (AvgIpc) is 2.36. The van der Waals surface area contributed by atoms with Gasteiger partial charge in [-0.15, -0.1) is 0 Å². The van der Waals surface area contributed by atoms with Crippen LogP contribution in [0.25, 0.3) is 0 Å². The lowest BCUT2D eigenvalue weighted by molar-refractivity contribution is 0.0919. The highest BCUT2D eigenvalue weighted by Crippen LogP contribution is 2.23. The van der Waals surface area contributed by atoms with Crippen LogP contribution in [-0.2, 0) is 9.05 Å². The van der Waals surface area contributed by atoms with E-state index in [9.17, 15) is 22.0 Å². The molecule has 0 aliphatic heterocycles. The summed E-state index contributed by atoms with van der Waals surface area (Å²) in [6, 6.07) is 0.841. The van der Waals surface area contributed by atoms with E-state index in [1.54, 1.807) is 0 Å². The van der Waals surface area contributed by atoms with Gasteiger partial charge in [0, 0.05) is 16.7 Å². The van der Waals surface area contributed by atoms with Gasteiger partial charge in [-0.3, -0.25) is 4.79 Å². The average molecular weight is 340 g/mol. The first kappa shape index (κ1) is 17.8. The van der Waals surface area contributed by atoms with Gasteiger partial charge < -0.3 is 5.32 Å². The molecule has 0 radical (unpaired) electrons. The highest BCUT2D eigenvalue weighted by Gasteiger charge is 2.25. The topological polar surface area (TPSA) is 63.2 Å². The Kier molecular flexibility index (Phi) is 5.69. The summed E-state index contributed by atoms with van der Waals surface area (Å²) in [6.45, 7) is 5.57. The summed E-state index contributed by atoms with van der Waals surface area (Å²) < 4.78 is 49.9. The Labute approximate surface area is 126 Å². The summed E-state index contributed by atoms with van der Waals surface area (Å²) in [4.78, 5) is 11.0. The molecule has 0 aromatic heterocycles. The maximum absolute atomic E-state index is 14.1. The van der Waals surface area contributed by atoms with Crippen LogP contribution in [0.1, 0.15) is 37.6 Å². The van der Waals surface area contributed by atoms with Gasteiger partial charge >= 0.3 is 0 Å². The maximum Gasteiger partial charge on any atom is 0.264 e. The van der Waals surface area contributed by atoms with Crippen LogP contribution in [0.4, 0.5) is 8.78 Å². The molecular weight excluding hydrogens is 324 g/mol. The van der Waals surface area contributed by atoms with Crippen LogP contribution < -0.4 is 5.32 Å². The second-order valence-electron chi connectivity index (χ2n) is 4.94. The molecule has 0 spiro atoms. The van der Waals surface area contributed by atoms with E-state index in [0.717, 1.165) is 0 Å².